The van der Waals surface area contributed by atoms with Gasteiger partial charge in [0.15, 0.2) is 0 Å². The van der Waals surface area contributed by atoms with Crippen molar-refractivity contribution in [1.29, 1.82) is 0 Å². The second kappa shape index (κ2) is 5.71. The van der Waals surface area contributed by atoms with Crippen molar-refractivity contribution in [2.45, 2.75) is 25.7 Å². The zero-order valence-corrected chi connectivity index (χ0v) is 15.4. The van der Waals surface area contributed by atoms with E-state index in [4.69, 9.17) is 5.73 Å². The topological polar surface area (TPSA) is 63.4 Å². The summed E-state index contributed by atoms with van der Waals surface area (Å²) in [5, 5.41) is 0. The molecule has 0 saturated heterocycles. The molecule has 19 heavy (non-hydrogen) atoms. The molecule has 0 aromatic heterocycles. The first-order valence-corrected chi connectivity index (χ1v) is 8.68. The van der Waals surface area contributed by atoms with Crippen molar-refractivity contribution in [2.24, 2.45) is 5.41 Å². The predicted octanol–water partition coefficient (Wildman–Crippen LogP) is 3.46. The van der Waals surface area contributed by atoms with Crippen molar-refractivity contribution < 1.29 is 8.42 Å². The maximum absolute atomic E-state index is 12.6. The van der Waals surface area contributed by atoms with Crippen molar-refractivity contribution in [1.82, 2.24) is 4.31 Å². The number of hydrogen-bond acceptors (Lipinski definition) is 3. The second-order valence-electron chi connectivity index (χ2n) is 5.63. The summed E-state index contributed by atoms with van der Waals surface area (Å²) in [4.78, 5) is 0.113. The first kappa shape index (κ1) is 16.9. The van der Waals surface area contributed by atoms with E-state index in [1.807, 2.05) is 20.8 Å². The summed E-state index contributed by atoms with van der Waals surface area (Å²) in [6.45, 7) is 6.37. The highest BCUT2D eigenvalue weighted by Gasteiger charge is 2.29. The largest absolute Gasteiger partial charge is 0.398 e. The highest BCUT2D eigenvalue weighted by molar-refractivity contribution is 9.11. The number of anilines is 1. The van der Waals surface area contributed by atoms with Gasteiger partial charge in [-0.25, -0.2) is 12.7 Å². The average Bonchev–Trinajstić information content (AvgIpc) is 2.11. The fourth-order valence-corrected chi connectivity index (χ4v) is 5.16. The van der Waals surface area contributed by atoms with Crippen LogP contribution in [0.25, 0.3) is 0 Å². The summed E-state index contributed by atoms with van der Waals surface area (Å²) in [6.07, 6.45) is 0. The van der Waals surface area contributed by atoms with E-state index in [2.05, 4.69) is 31.9 Å². The van der Waals surface area contributed by atoms with E-state index in [9.17, 15) is 8.42 Å². The highest BCUT2D eigenvalue weighted by Crippen LogP contribution is 2.34. The second-order valence-corrected chi connectivity index (χ2v) is 9.38. The van der Waals surface area contributed by atoms with Gasteiger partial charge >= 0.3 is 0 Å². The van der Waals surface area contributed by atoms with Crippen LogP contribution in [0.15, 0.2) is 26.0 Å². The summed E-state index contributed by atoms with van der Waals surface area (Å²) >= 11 is 6.55. The molecule has 0 spiro atoms. The van der Waals surface area contributed by atoms with Crippen molar-refractivity contribution in [3.8, 4) is 0 Å². The Hall–Kier alpha value is -0.110. The van der Waals surface area contributed by atoms with Crippen molar-refractivity contribution >= 4 is 47.6 Å². The van der Waals surface area contributed by atoms with Crippen LogP contribution in [-0.4, -0.2) is 26.3 Å². The molecule has 2 N–H and O–H groups in total. The molecular formula is C12H18Br2N2O2S. The molecule has 0 amide bonds. The average molecular weight is 414 g/mol. The van der Waals surface area contributed by atoms with Gasteiger partial charge < -0.3 is 5.73 Å². The minimum atomic E-state index is -3.61. The van der Waals surface area contributed by atoms with Crippen molar-refractivity contribution in [3.05, 3.63) is 21.1 Å². The van der Waals surface area contributed by atoms with Crippen LogP contribution in [0.2, 0.25) is 0 Å². The van der Waals surface area contributed by atoms with Crippen LogP contribution in [0.4, 0.5) is 5.69 Å². The summed E-state index contributed by atoms with van der Waals surface area (Å²) < 4.78 is 27.6. The molecule has 0 fully saturated rings. The molecule has 0 atom stereocenters. The molecule has 1 aromatic rings. The van der Waals surface area contributed by atoms with Gasteiger partial charge in [-0.1, -0.05) is 36.7 Å². The van der Waals surface area contributed by atoms with Gasteiger partial charge in [0.1, 0.15) is 4.90 Å². The number of nitrogens with zero attached hydrogens (tertiary/aromatic N) is 1. The maximum atomic E-state index is 12.6. The molecule has 0 aliphatic heterocycles. The van der Waals surface area contributed by atoms with Gasteiger partial charge in [0.2, 0.25) is 10.0 Å². The van der Waals surface area contributed by atoms with E-state index in [1.165, 1.54) is 4.31 Å². The molecule has 0 unspecified atom stereocenters. The van der Waals surface area contributed by atoms with Gasteiger partial charge in [-0.15, -0.1) is 0 Å². The third-order valence-corrected chi connectivity index (χ3v) is 5.67. The quantitative estimate of drug-likeness (QED) is 0.771. The Morgan fingerprint density at radius 1 is 1.26 bits per heavy atom. The number of rotatable bonds is 3. The van der Waals surface area contributed by atoms with E-state index < -0.39 is 10.0 Å². The monoisotopic (exact) mass is 412 g/mol. The van der Waals surface area contributed by atoms with E-state index in [0.717, 1.165) is 4.47 Å². The first-order chi connectivity index (χ1) is 8.45. The van der Waals surface area contributed by atoms with Crippen LogP contribution in [0, 0.1) is 5.41 Å². The van der Waals surface area contributed by atoms with Crippen LogP contribution < -0.4 is 5.73 Å². The van der Waals surface area contributed by atoms with Crippen LogP contribution in [0.5, 0.6) is 0 Å². The lowest BCUT2D eigenvalue weighted by atomic mass is 9.97. The van der Waals surface area contributed by atoms with Crippen molar-refractivity contribution in [2.75, 3.05) is 19.3 Å². The lowest BCUT2D eigenvalue weighted by molar-refractivity contribution is 0.311. The molecule has 108 valence electrons. The Morgan fingerprint density at radius 2 is 1.79 bits per heavy atom. The molecule has 0 radical (unpaired) electrons. The van der Waals surface area contributed by atoms with Crippen molar-refractivity contribution in [3.63, 3.8) is 0 Å². The lowest BCUT2D eigenvalue weighted by Crippen LogP contribution is -2.35. The Bertz CT molecular complexity index is 557. The number of hydrogen-bond donors (Lipinski definition) is 1. The molecule has 1 rings (SSSR count). The standard InChI is InChI=1S/C12H18Br2N2O2S/c1-12(2,3)7-16(4)19(17,18)11-9(14)5-8(13)6-10(11)15/h5-6H,7,15H2,1-4H3. The minimum absolute atomic E-state index is 0.113. The van der Waals surface area contributed by atoms with Crippen LogP contribution in [0.3, 0.4) is 0 Å². The molecule has 0 aliphatic rings. The highest BCUT2D eigenvalue weighted by atomic mass is 79.9. The Balaban J connectivity index is 3.29. The van der Waals surface area contributed by atoms with Crippen LogP contribution in [-0.2, 0) is 10.0 Å². The Kier molecular flexibility index (Phi) is 5.09. The van der Waals surface area contributed by atoms with E-state index in [1.54, 1.807) is 19.2 Å². The summed E-state index contributed by atoms with van der Waals surface area (Å²) in [5.41, 5.74) is 5.94. The molecule has 1 aromatic carbocycles. The number of sulfonamides is 1. The molecule has 0 bridgehead atoms. The predicted molar refractivity (Wildman–Crippen MR) is 85.5 cm³/mol. The van der Waals surface area contributed by atoms with Crippen LogP contribution in [0.1, 0.15) is 20.8 Å². The third kappa shape index (κ3) is 4.18. The molecule has 0 heterocycles. The van der Waals surface area contributed by atoms with Gasteiger partial charge in [0.25, 0.3) is 0 Å². The summed E-state index contributed by atoms with van der Waals surface area (Å²) in [6, 6.07) is 3.26. The summed E-state index contributed by atoms with van der Waals surface area (Å²) in [7, 11) is -2.05. The lowest BCUT2D eigenvalue weighted by Gasteiger charge is -2.26. The normalized spacial score (nSPS) is 13.0. The number of nitrogens with two attached hydrogens (primary N) is 1. The van der Waals surface area contributed by atoms with E-state index in [-0.39, 0.29) is 16.0 Å². The Labute approximate surface area is 131 Å². The molecular weight excluding hydrogens is 396 g/mol. The fourth-order valence-electron chi connectivity index (χ4n) is 1.76. The molecule has 0 saturated carbocycles. The molecule has 0 aliphatic carbocycles. The van der Waals surface area contributed by atoms with Gasteiger partial charge in [-0.3, -0.25) is 0 Å². The van der Waals surface area contributed by atoms with Gasteiger partial charge in [0, 0.05) is 22.5 Å². The third-order valence-electron chi connectivity index (χ3n) is 2.40. The molecule has 4 nitrogen and oxygen atoms in total. The number of benzene rings is 1. The first-order valence-electron chi connectivity index (χ1n) is 5.66. The van der Waals surface area contributed by atoms with Crippen LogP contribution >= 0.6 is 31.9 Å². The smallest absolute Gasteiger partial charge is 0.246 e. The van der Waals surface area contributed by atoms with E-state index >= 15 is 0 Å². The number of halogens is 2. The van der Waals surface area contributed by atoms with Gasteiger partial charge in [0.05, 0.1) is 5.69 Å². The van der Waals surface area contributed by atoms with Gasteiger partial charge in [-0.05, 0) is 33.5 Å². The molecule has 7 heteroatoms. The SMILES string of the molecule is CN(CC(C)(C)C)S(=O)(=O)c1c(N)cc(Br)cc1Br. The summed E-state index contributed by atoms with van der Waals surface area (Å²) in [5.74, 6) is 0. The zero-order valence-electron chi connectivity index (χ0n) is 11.4. The van der Waals surface area contributed by atoms with Gasteiger partial charge in [-0.2, -0.15) is 0 Å². The van der Waals surface area contributed by atoms with E-state index in [0.29, 0.717) is 11.0 Å². The maximum Gasteiger partial charge on any atom is 0.246 e. The Morgan fingerprint density at radius 3 is 2.21 bits per heavy atom. The number of nitrogen functional groups attached to an aromatic ring is 1. The zero-order chi connectivity index (χ0) is 15.0. The minimum Gasteiger partial charge on any atom is -0.398 e. The fraction of sp³-hybridized carbons (Fsp3) is 0.500.